The van der Waals surface area contributed by atoms with E-state index in [1.54, 1.807) is 24.3 Å². The number of aromatic nitrogens is 4. The number of tetrazole rings is 1. The highest BCUT2D eigenvalue weighted by molar-refractivity contribution is 7.91. The van der Waals surface area contributed by atoms with Crippen LogP contribution in [0.1, 0.15) is 11.1 Å². The number of H-pyrrole nitrogens is 1. The predicted octanol–water partition coefficient (Wildman–Crippen LogP) is 2.12. The van der Waals surface area contributed by atoms with E-state index in [2.05, 4.69) is 25.3 Å². The van der Waals surface area contributed by atoms with Gasteiger partial charge >= 0.3 is 0 Å². The Morgan fingerprint density at radius 2 is 1.74 bits per heavy atom. The lowest BCUT2D eigenvalue weighted by atomic mass is 10.2. The summed E-state index contributed by atoms with van der Waals surface area (Å²) < 4.78 is 27.0. The van der Waals surface area contributed by atoms with Crippen molar-refractivity contribution < 1.29 is 8.42 Å². The maximum Gasteiger partial charge on any atom is 0.236 e. The molecule has 0 spiro atoms. The molecule has 0 atom stereocenters. The van der Waals surface area contributed by atoms with Crippen molar-refractivity contribution in [2.75, 3.05) is 4.72 Å². The van der Waals surface area contributed by atoms with Gasteiger partial charge in [-0.2, -0.15) is 5.21 Å². The molecule has 1 aromatic heterocycles. The summed E-state index contributed by atoms with van der Waals surface area (Å²) in [6.07, 6.45) is 0. The molecular formula is C15H15N5O2S. The van der Waals surface area contributed by atoms with Crippen LogP contribution >= 0.6 is 0 Å². The summed E-state index contributed by atoms with van der Waals surface area (Å²) in [5.41, 5.74) is 3.08. The summed E-state index contributed by atoms with van der Waals surface area (Å²) in [4.78, 5) is 0. The molecule has 0 fully saturated rings. The molecule has 23 heavy (non-hydrogen) atoms. The third-order valence-corrected chi connectivity index (χ3v) is 4.50. The first-order valence-corrected chi connectivity index (χ1v) is 8.57. The van der Waals surface area contributed by atoms with Gasteiger partial charge in [0.05, 0.1) is 5.75 Å². The number of nitrogens with zero attached hydrogens (tertiary/aromatic N) is 3. The van der Waals surface area contributed by atoms with Gasteiger partial charge in [-0.25, -0.2) is 8.42 Å². The SMILES string of the molecule is Cc1ccc(CS(=O)(=O)Nc2ccc(-c3nn[nH]n3)cc2)cc1. The fourth-order valence-corrected chi connectivity index (χ4v) is 3.29. The molecule has 1 heterocycles. The Kier molecular flexibility index (Phi) is 4.07. The van der Waals surface area contributed by atoms with Crippen molar-refractivity contribution in [1.82, 2.24) is 20.6 Å². The van der Waals surface area contributed by atoms with Crippen LogP contribution in [0.15, 0.2) is 48.5 Å². The van der Waals surface area contributed by atoms with Crippen LogP contribution in [0, 0.1) is 6.92 Å². The zero-order valence-electron chi connectivity index (χ0n) is 12.4. The van der Waals surface area contributed by atoms with Crippen LogP contribution in [0.3, 0.4) is 0 Å². The van der Waals surface area contributed by atoms with E-state index in [1.807, 2.05) is 31.2 Å². The molecule has 0 saturated heterocycles. The summed E-state index contributed by atoms with van der Waals surface area (Å²) in [6, 6.07) is 14.2. The number of nitrogens with one attached hydrogen (secondary N) is 2. The van der Waals surface area contributed by atoms with Crippen molar-refractivity contribution in [3.63, 3.8) is 0 Å². The van der Waals surface area contributed by atoms with Crippen LogP contribution in [0.5, 0.6) is 0 Å². The number of benzene rings is 2. The molecule has 0 aliphatic rings. The van der Waals surface area contributed by atoms with Gasteiger partial charge in [-0.15, -0.1) is 10.2 Å². The van der Waals surface area contributed by atoms with Gasteiger partial charge in [0, 0.05) is 11.3 Å². The molecule has 118 valence electrons. The van der Waals surface area contributed by atoms with Gasteiger partial charge in [-0.05, 0) is 42.0 Å². The number of sulfonamides is 1. The van der Waals surface area contributed by atoms with Crippen LogP contribution in [0.4, 0.5) is 5.69 Å². The topological polar surface area (TPSA) is 101 Å². The van der Waals surface area contributed by atoms with Crippen LogP contribution in [0.2, 0.25) is 0 Å². The molecule has 0 amide bonds. The van der Waals surface area contributed by atoms with Crippen molar-refractivity contribution in [2.45, 2.75) is 12.7 Å². The molecule has 0 aliphatic heterocycles. The van der Waals surface area contributed by atoms with E-state index in [9.17, 15) is 8.42 Å². The standard InChI is InChI=1S/C15H15N5O2S/c1-11-2-4-12(5-3-11)10-23(21,22)18-14-8-6-13(7-9-14)15-16-19-20-17-15/h2-9,18H,10H2,1H3,(H,16,17,19,20). The average molecular weight is 329 g/mol. The second-order valence-corrected chi connectivity index (χ2v) is 6.88. The zero-order chi connectivity index (χ0) is 16.3. The Morgan fingerprint density at radius 1 is 1.04 bits per heavy atom. The van der Waals surface area contributed by atoms with Gasteiger partial charge in [-0.1, -0.05) is 29.8 Å². The van der Waals surface area contributed by atoms with Gasteiger partial charge in [0.25, 0.3) is 0 Å². The lowest BCUT2D eigenvalue weighted by Crippen LogP contribution is -2.15. The molecule has 2 N–H and O–H groups in total. The largest absolute Gasteiger partial charge is 0.283 e. The van der Waals surface area contributed by atoms with Gasteiger partial charge in [0.15, 0.2) is 0 Å². The zero-order valence-corrected chi connectivity index (χ0v) is 13.2. The lowest BCUT2D eigenvalue weighted by molar-refractivity contribution is 0.600. The first kappa shape index (κ1) is 15.2. The molecule has 3 rings (SSSR count). The van der Waals surface area contributed by atoms with Crippen molar-refractivity contribution >= 4 is 15.7 Å². The molecule has 0 saturated carbocycles. The Morgan fingerprint density at radius 3 is 2.35 bits per heavy atom. The van der Waals surface area contributed by atoms with E-state index in [0.29, 0.717) is 11.5 Å². The monoisotopic (exact) mass is 329 g/mol. The first-order chi connectivity index (χ1) is 11.0. The van der Waals surface area contributed by atoms with Crippen molar-refractivity contribution in [1.29, 1.82) is 0 Å². The Bertz CT molecular complexity index is 873. The Hall–Kier alpha value is -2.74. The summed E-state index contributed by atoms with van der Waals surface area (Å²) in [5, 5.41) is 13.6. The molecule has 8 heteroatoms. The third kappa shape index (κ3) is 3.92. The summed E-state index contributed by atoms with van der Waals surface area (Å²) >= 11 is 0. The highest BCUT2D eigenvalue weighted by Crippen LogP contribution is 2.18. The lowest BCUT2D eigenvalue weighted by Gasteiger charge is -2.08. The van der Waals surface area contributed by atoms with Crippen LogP contribution < -0.4 is 4.72 Å². The second kappa shape index (κ2) is 6.17. The number of aromatic amines is 1. The van der Waals surface area contributed by atoms with E-state index in [-0.39, 0.29) is 5.75 Å². The fourth-order valence-electron chi connectivity index (χ4n) is 2.09. The quantitative estimate of drug-likeness (QED) is 0.746. The van der Waals surface area contributed by atoms with Gasteiger partial charge in [0.2, 0.25) is 15.8 Å². The van der Waals surface area contributed by atoms with Gasteiger partial charge in [0.1, 0.15) is 0 Å². The molecule has 0 bridgehead atoms. The minimum atomic E-state index is -3.47. The Balaban J connectivity index is 1.71. The predicted molar refractivity (Wildman–Crippen MR) is 87.0 cm³/mol. The molecule has 0 aliphatic carbocycles. The average Bonchev–Trinajstić information content (AvgIpc) is 3.04. The molecule has 7 nitrogen and oxygen atoms in total. The number of rotatable bonds is 5. The molecular weight excluding hydrogens is 314 g/mol. The maximum atomic E-state index is 12.2. The van der Waals surface area contributed by atoms with Gasteiger partial charge in [-0.3, -0.25) is 4.72 Å². The maximum absolute atomic E-state index is 12.2. The Labute approximate surface area is 133 Å². The normalized spacial score (nSPS) is 11.3. The molecule has 2 aromatic carbocycles. The number of hydrogen-bond donors (Lipinski definition) is 2. The number of aryl methyl sites for hydroxylation is 1. The van der Waals surface area contributed by atoms with Crippen LogP contribution in [0.25, 0.3) is 11.4 Å². The second-order valence-electron chi connectivity index (χ2n) is 5.16. The van der Waals surface area contributed by atoms with E-state index in [0.717, 1.165) is 16.7 Å². The van der Waals surface area contributed by atoms with E-state index in [4.69, 9.17) is 0 Å². The van der Waals surface area contributed by atoms with Crippen LogP contribution in [-0.2, 0) is 15.8 Å². The van der Waals surface area contributed by atoms with Crippen LogP contribution in [-0.4, -0.2) is 29.0 Å². The highest BCUT2D eigenvalue weighted by atomic mass is 32.2. The van der Waals surface area contributed by atoms with Crippen molar-refractivity contribution in [3.05, 3.63) is 59.7 Å². The summed E-state index contributed by atoms with van der Waals surface area (Å²) in [7, 11) is -3.47. The molecule has 0 radical (unpaired) electrons. The smallest absolute Gasteiger partial charge is 0.236 e. The van der Waals surface area contributed by atoms with Crippen molar-refractivity contribution in [2.24, 2.45) is 0 Å². The first-order valence-electron chi connectivity index (χ1n) is 6.92. The molecule has 0 unspecified atom stereocenters. The van der Waals surface area contributed by atoms with E-state index < -0.39 is 10.0 Å². The highest BCUT2D eigenvalue weighted by Gasteiger charge is 2.12. The van der Waals surface area contributed by atoms with E-state index >= 15 is 0 Å². The van der Waals surface area contributed by atoms with E-state index in [1.165, 1.54) is 0 Å². The third-order valence-electron chi connectivity index (χ3n) is 3.24. The molecule has 3 aromatic rings. The number of hydrogen-bond acceptors (Lipinski definition) is 5. The summed E-state index contributed by atoms with van der Waals surface area (Å²) in [6.45, 7) is 1.96. The van der Waals surface area contributed by atoms with Gasteiger partial charge < -0.3 is 0 Å². The van der Waals surface area contributed by atoms with Crippen molar-refractivity contribution in [3.8, 4) is 11.4 Å². The minimum Gasteiger partial charge on any atom is -0.283 e. The number of anilines is 1. The fraction of sp³-hybridized carbons (Fsp3) is 0.133. The summed E-state index contributed by atoms with van der Waals surface area (Å²) in [5.74, 6) is 0.388. The minimum absolute atomic E-state index is 0.0696.